The normalized spacial score (nSPS) is 17.6. The maximum atomic E-state index is 8.91. The number of anilines is 1. The van der Waals surface area contributed by atoms with E-state index in [1.54, 1.807) is 6.07 Å². The molecule has 0 radical (unpaired) electrons. The van der Waals surface area contributed by atoms with E-state index in [1.807, 2.05) is 12.1 Å². The molecule has 1 aliphatic carbocycles. The predicted octanol–water partition coefficient (Wildman–Crippen LogP) is 4.13. The fraction of sp³-hybridized carbons (Fsp3) is 0.571. The van der Waals surface area contributed by atoms with E-state index in [0.717, 1.165) is 5.82 Å². The van der Waals surface area contributed by atoms with E-state index in [1.165, 1.54) is 44.9 Å². The Morgan fingerprint density at radius 3 is 2.50 bits per heavy atom. The van der Waals surface area contributed by atoms with Crippen LogP contribution in [0.25, 0.3) is 0 Å². The van der Waals surface area contributed by atoms with Crippen molar-refractivity contribution in [3.8, 4) is 6.07 Å². The van der Waals surface area contributed by atoms with Gasteiger partial charge in [-0.15, -0.1) is 0 Å². The highest BCUT2D eigenvalue weighted by molar-refractivity contribution is 6.31. The fourth-order valence-electron chi connectivity index (χ4n) is 2.41. The van der Waals surface area contributed by atoms with Crippen molar-refractivity contribution in [1.82, 2.24) is 4.98 Å². The van der Waals surface area contributed by atoms with Gasteiger partial charge in [-0.3, -0.25) is 0 Å². The van der Waals surface area contributed by atoms with Gasteiger partial charge in [0.1, 0.15) is 11.9 Å². The highest BCUT2D eigenvalue weighted by Crippen LogP contribution is 2.21. The third kappa shape index (κ3) is 3.61. The number of halogens is 1. The minimum absolute atomic E-state index is 0.299. The van der Waals surface area contributed by atoms with E-state index in [-0.39, 0.29) is 0 Å². The van der Waals surface area contributed by atoms with E-state index < -0.39 is 0 Å². The molecule has 96 valence electrons. The summed E-state index contributed by atoms with van der Waals surface area (Å²) in [5.74, 6) is 0.765. The first-order chi connectivity index (χ1) is 8.79. The average Bonchev–Trinajstić information content (AvgIpc) is 2.34. The molecule has 0 atom stereocenters. The second-order valence-corrected chi connectivity index (χ2v) is 5.23. The second kappa shape index (κ2) is 6.61. The third-order valence-corrected chi connectivity index (χ3v) is 3.71. The lowest BCUT2D eigenvalue weighted by atomic mass is 9.97. The van der Waals surface area contributed by atoms with Gasteiger partial charge in [0.25, 0.3) is 0 Å². The standard InChI is InChI=1S/C14H18ClN3/c15-12-8-9-14(18-13(12)10-16)17-11-6-4-2-1-3-5-7-11/h8-9,11H,1-7H2,(H,17,18). The van der Waals surface area contributed by atoms with Crippen molar-refractivity contribution < 1.29 is 0 Å². The third-order valence-electron chi connectivity index (χ3n) is 3.41. The molecule has 2 rings (SSSR count). The number of nitriles is 1. The maximum Gasteiger partial charge on any atom is 0.161 e. The predicted molar refractivity (Wildman–Crippen MR) is 73.7 cm³/mol. The maximum absolute atomic E-state index is 8.91. The molecule has 4 heteroatoms. The molecule has 0 saturated heterocycles. The first-order valence-corrected chi connectivity index (χ1v) is 7.00. The summed E-state index contributed by atoms with van der Waals surface area (Å²) in [6, 6.07) is 6.07. The van der Waals surface area contributed by atoms with Crippen molar-refractivity contribution in [3.63, 3.8) is 0 Å². The topological polar surface area (TPSA) is 48.7 Å². The van der Waals surface area contributed by atoms with E-state index in [2.05, 4.69) is 10.3 Å². The number of nitrogens with zero attached hydrogens (tertiary/aromatic N) is 2. The molecule has 0 spiro atoms. The Hall–Kier alpha value is -1.27. The van der Waals surface area contributed by atoms with Gasteiger partial charge in [0, 0.05) is 6.04 Å². The van der Waals surface area contributed by atoms with Crippen LogP contribution < -0.4 is 5.32 Å². The zero-order valence-corrected chi connectivity index (χ0v) is 11.2. The van der Waals surface area contributed by atoms with Gasteiger partial charge in [-0.05, 0) is 25.0 Å². The van der Waals surface area contributed by atoms with E-state index in [4.69, 9.17) is 16.9 Å². The number of aromatic nitrogens is 1. The summed E-state index contributed by atoms with van der Waals surface area (Å²) in [4.78, 5) is 4.23. The Morgan fingerprint density at radius 2 is 1.83 bits per heavy atom. The van der Waals surface area contributed by atoms with Gasteiger partial charge >= 0.3 is 0 Å². The van der Waals surface area contributed by atoms with Crippen LogP contribution in [0, 0.1) is 11.3 Å². The molecule has 0 aliphatic heterocycles. The fourth-order valence-corrected chi connectivity index (χ4v) is 2.56. The average molecular weight is 264 g/mol. The molecule has 0 amide bonds. The van der Waals surface area contributed by atoms with Crippen LogP contribution in [0.3, 0.4) is 0 Å². The molecule has 0 unspecified atom stereocenters. The minimum atomic E-state index is 0.299. The molecule has 1 aromatic heterocycles. The summed E-state index contributed by atoms with van der Waals surface area (Å²) in [6.45, 7) is 0. The summed E-state index contributed by atoms with van der Waals surface area (Å²) in [5.41, 5.74) is 0.299. The molecule has 1 aromatic rings. The first-order valence-electron chi connectivity index (χ1n) is 6.63. The molecule has 1 aliphatic rings. The molecule has 1 heterocycles. The lowest BCUT2D eigenvalue weighted by Gasteiger charge is -2.21. The van der Waals surface area contributed by atoms with Crippen LogP contribution in [0.5, 0.6) is 0 Å². The number of hydrogen-bond donors (Lipinski definition) is 1. The zero-order chi connectivity index (χ0) is 12.8. The summed E-state index contributed by atoms with van der Waals surface area (Å²) in [5, 5.41) is 12.8. The number of rotatable bonds is 2. The molecule has 1 saturated carbocycles. The lowest BCUT2D eigenvalue weighted by Crippen LogP contribution is -2.21. The first kappa shape index (κ1) is 13.2. The van der Waals surface area contributed by atoms with Crippen LogP contribution in [-0.2, 0) is 0 Å². The molecular weight excluding hydrogens is 246 g/mol. The summed E-state index contributed by atoms with van der Waals surface area (Å²) < 4.78 is 0. The Bertz CT molecular complexity index is 431. The molecular formula is C14H18ClN3. The van der Waals surface area contributed by atoms with Crippen molar-refractivity contribution in [1.29, 1.82) is 5.26 Å². The van der Waals surface area contributed by atoms with Gasteiger partial charge in [0.05, 0.1) is 5.02 Å². The van der Waals surface area contributed by atoms with Crippen molar-refractivity contribution >= 4 is 17.4 Å². The Balaban J connectivity index is 2.01. The molecule has 18 heavy (non-hydrogen) atoms. The van der Waals surface area contributed by atoms with Crippen molar-refractivity contribution in [2.75, 3.05) is 5.32 Å². The van der Waals surface area contributed by atoms with Crippen LogP contribution in [0.1, 0.15) is 50.6 Å². The van der Waals surface area contributed by atoms with E-state index in [0.29, 0.717) is 16.8 Å². The van der Waals surface area contributed by atoms with Gasteiger partial charge in [-0.2, -0.15) is 5.26 Å². The lowest BCUT2D eigenvalue weighted by molar-refractivity contribution is 0.470. The van der Waals surface area contributed by atoms with Crippen LogP contribution in [0.4, 0.5) is 5.82 Å². The van der Waals surface area contributed by atoms with Gasteiger partial charge in [0.15, 0.2) is 5.69 Å². The van der Waals surface area contributed by atoms with Crippen molar-refractivity contribution in [3.05, 3.63) is 22.8 Å². The number of hydrogen-bond acceptors (Lipinski definition) is 3. The van der Waals surface area contributed by atoms with Crippen LogP contribution >= 0.6 is 11.6 Å². The smallest absolute Gasteiger partial charge is 0.161 e. The molecule has 0 bridgehead atoms. The van der Waals surface area contributed by atoms with Gasteiger partial charge in [-0.25, -0.2) is 4.98 Å². The van der Waals surface area contributed by atoms with Gasteiger partial charge < -0.3 is 5.32 Å². The Kier molecular flexibility index (Phi) is 4.83. The summed E-state index contributed by atoms with van der Waals surface area (Å²) in [7, 11) is 0. The summed E-state index contributed by atoms with van der Waals surface area (Å²) >= 11 is 5.87. The van der Waals surface area contributed by atoms with E-state index in [9.17, 15) is 0 Å². The van der Waals surface area contributed by atoms with Crippen molar-refractivity contribution in [2.45, 2.75) is 51.0 Å². The number of nitrogens with one attached hydrogen (secondary N) is 1. The molecule has 0 aromatic carbocycles. The molecule has 1 fully saturated rings. The van der Waals surface area contributed by atoms with Crippen LogP contribution in [0.15, 0.2) is 12.1 Å². The Morgan fingerprint density at radius 1 is 1.17 bits per heavy atom. The SMILES string of the molecule is N#Cc1nc(NC2CCCCCCC2)ccc1Cl. The molecule has 3 nitrogen and oxygen atoms in total. The largest absolute Gasteiger partial charge is 0.367 e. The van der Waals surface area contributed by atoms with Gasteiger partial charge in [0.2, 0.25) is 0 Å². The summed E-state index contributed by atoms with van der Waals surface area (Å²) in [6.07, 6.45) is 8.95. The second-order valence-electron chi connectivity index (χ2n) is 4.83. The van der Waals surface area contributed by atoms with Crippen LogP contribution in [-0.4, -0.2) is 11.0 Å². The van der Waals surface area contributed by atoms with Gasteiger partial charge in [-0.1, -0.05) is 43.7 Å². The highest BCUT2D eigenvalue weighted by atomic mass is 35.5. The van der Waals surface area contributed by atoms with E-state index >= 15 is 0 Å². The Labute approximate surface area is 113 Å². The monoisotopic (exact) mass is 263 g/mol. The zero-order valence-electron chi connectivity index (χ0n) is 10.5. The minimum Gasteiger partial charge on any atom is -0.367 e. The molecule has 1 N–H and O–H groups in total. The van der Waals surface area contributed by atoms with Crippen molar-refractivity contribution in [2.24, 2.45) is 0 Å². The quantitative estimate of drug-likeness (QED) is 0.873. The highest BCUT2D eigenvalue weighted by Gasteiger charge is 2.12. The van der Waals surface area contributed by atoms with Crippen LogP contribution in [0.2, 0.25) is 5.02 Å². The number of pyridine rings is 1.